The number of phenols is 1. The van der Waals surface area contributed by atoms with Gasteiger partial charge in [0.15, 0.2) is 5.75 Å². The van der Waals surface area contributed by atoms with Gasteiger partial charge >= 0.3 is 0 Å². The van der Waals surface area contributed by atoms with E-state index >= 15 is 0 Å². The summed E-state index contributed by atoms with van der Waals surface area (Å²) in [7, 11) is 2.14. The number of hydrogen-bond acceptors (Lipinski definition) is 4. The number of aromatic hydroxyl groups is 1. The number of para-hydroxylation sites is 1. The molecule has 1 aliphatic heterocycles. The van der Waals surface area contributed by atoms with Crippen LogP contribution in [-0.4, -0.2) is 42.6 Å². The Kier molecular flexibility index (Phi) is 4.84. The Balaban J connectivity index is 1.79. The smallest absolute Gasteiger partial charge is 0.255 e. The van der Waals surface area contributed by atoms with Gasteiger partial charge < -0.3 is 21.1 Å². The van der Waals surface area contributed by atoms with Crippen molar-refractivity contribution in [1.29, 1.82) is 0 Å². The number of benzene rings is 1. The highest BCUT2D eigenvalue weighted by atomic mass is 16.3. The van der Waals surface area contributed by atoms with E-state index in [9.17, 15) is 9.90 Å². The zero-order chi connectivity index (χ0) is 14.5. The SMILES string of the molecule is CN1CCC(CCNC(=O)c2cccc(N)c2O)CC1. The number of phenolic OH excluding ortho intramolecular Hbond substituents is 1. The van der Waals surface area contributed by atoms with Crippen molar-refractivity contribution in [1.82, 2.24) is 10.2 Å². The Hall–Kier alpha value is -1.75. The number of likely N-dealkylation sites (tertiary alicyclic amines) is 1. The molecule has 4 N–H and O–H groups in total. The van der Waals surface area contributed by atoms with Crippen molar-refractivity contribution in [3.63, 3.8) is 0 Å². The van der Waals surface area contributed by atoms with Crippen LogP contribution in [-0.2, 0) is 0 Å². The van der Waals surface area contributed by atoms with Gasteiger partial charge in [-0.3, -0.25) is 4.79 Å². The zero-order valence-electron chi connectivity index (χ0n) is 11.9. The lowest BCUT2D eigenvalue weighted by Gasteiger charge is -2.28. The van der Waals surface area contributed by atoms with Crippen LogP contribution >= 0.6 is 0 Å². The van der Waals surface area contributed by atoms with Gasteiger partial charge in [-0.05, 0) is 57.5 Å². The maximum absolute atomic E-state index is 12.0. The minimum atomic E-state index is -0.261. The maximum atomic E-state index is 12.0. The quantitative estimate of drug-likeness (QED) is 0.575. The molecule has 20 heavy (non-hydrogen) atoms. The molecular formula is C15H23N3O2. The second-order valence-electron chi connectivity index (χ2n) is 5.53. The Bertz CT molecular complexity index is 468. The molecule has 0 bridgehead atoms. The predicted octanol–water partition coefficient (Wildman–Crippen LogP) is 1.44. The van der Waals surface area contributed by atoms with Crippen LogP contribution in [0.5, 0.6) is 5.75 Å². The molecule has 1 heterocycles. The van der Waals surface area contributed by atoms with Crippen LogP contribution in [0.3, 0.4) is 0 Å². The number of nitrogens with two attached hydrogens (primary N) is 1. The summed E-state index contributed by atoms with van der Waals surface area (Å²) in [5, 5.41) is 12.6. The number of rotatable bonds is 4. The lowest BCUT2D eigenvalue weighted by Crippen LogP contribution is -2.32. The van der Waals surface area contributed by atoms with Crippen LogP contribution in [0.1, 0.15) is 29.6 Å². The number of amides is 1. The van der Waals surface area contributed by atoms with Gasteiger partial charge in [0.1, 0.15) is 0 Å². The van der Waals surface area contributed by atoms with E-state index in [-0.39, 0.29) is 22.9 Å². The van der Waals surface area contributed by atoms with Crippen LogP contribution in [0, 0.1) is 5.92 Å². The number of nitrogens with one attached hydrogen (secondary N) is 1. The van der Waals surface area contributed by atoms with Gasteiger partial charge in [0.05, 0.1) is 11.3 Å². The highest BCUT2D eigenvalue weighted by Gasteiger charge is 2.17. The number of hydrogen-bond donors (Lipinski definition) is 3. The number of carbonyl (C=O) groups excluding carboxylic acids is 1. The highest BCUT2D eigenvalue weighted by molar-refractivity contribution is 5.98. The van der Waals surface area contributed by atoms with Crippen molar-refractivity contribution in [3.8, 4) is 5.75 Å². The van der Waals surface area contributed by atoms with E-state index in [1.54, 1.807) is 18.2 Å². The van der Waals surface area contributed by atoms with Gasteiger partial charge in [-0.1, -0.05) is 6.07 Å². The average molecular weight is 277 g/mol. The summed E-state index contributed by atoms with van der Waals surface area (Å²) in [6, 6.07) is 4.82. The molecule has 5 nitrogen and oxygen atoms in total. The molecule has 1 aromatic carbocycles. The van der Waals surface area contributed by atoms with Gasteiger partial charge in [0.2, 0.25) is 0 Å². The van der Waals surface area contributed by atoms with Gasteiger partial charge in [-0.2, -0.15) is 0 Å². The van der Waals surface area contributed by atoms with E-state index < -0.39 is 0 Å². The summed E-state index contributed by atoms with van der Waals surface area (Å²) in [6.45, 7) is 2.91. The Labute approximate surface area is 119 Å². The van der Waals surface area contributed by atoms with E-state index in [1.165, 1.54) is 12.8 Å². The largest absolute Gasteiger partial charge is 0.505 e. The van der Waals surface area contributed by atoms with Gasteiger partial charge in [-0.25, -0.2) is 0 Å². The molecule has 0 unspecified atom stereocenters. The molecule has 0 spiro atoms. The molecule has 0 atom stereocenters. The third-order valence-corrected chi connectivity index (χ3v) is 3.99. The minimum absolute atomic E-state index is 0.135. The molecule has 0 aliphatic carbocycles. The molecule has 2 rings (SSSR count). The normalized spacial score (nSPS) is 17.1. The fourth-order valence-corrected chi connectivity index (χ4v) is 2.58. The van der Waals surface area contributed by atoms with Crippen molar-refractivity contribution in [3.05, 3.63) is 23.8 Å². The topological polar surface area (TPSA) is 78.6 Å². The fraction of sp³-hybridized carbons (Fsp3) is 0.533. The molecule has 0 radical (unpaired) electrons. The number of piperidine rings is 1. The summed E-state index contributed by atoms with van der Waals surface area (Å²) in [6.07, 6.45) is 3.37. The van der Waals surface area contributed by atoms with Gasteiger partial charge in [0.25, 0.3) is 5.91 Å². The number of nitrogens with zero attached hydrogens (tertiary/aromatic N) is 1. The van der Waals surface area contributed by atoms with Gasteiger partial charge in [-0.15, -0.1) is 0 Å². The molecule has 0 saturated carbocycles. The van der Waals surface area contributed by atoms with E-state index in [0.29, 0.717) is 12.5 Å². The first kappa shape index (κ1) is 14.7. The number of carbonyl (C=O) groups is 1. The number of anilines is 1. The van der Waals surface area contributed by atoms with E-state index in [0.717, 1.165) is 19.5 Å². The third-order valence-electron chi connectivity index (χ3n) is 3.99. The van der Waals surface area contributed by atoms with Crippen LogP contribution in [0.25, 0.3) is 0 Å². The molecule has 110 valence electrons. The van der Waals surface area contributed by atoms with Crippen molar-refractivity contribution in [2.24, 2.45) is 5.92 Å². The van der Waals surface area contributed by atoms with E-state index in [2.05, 4.69) is 17.3 Å². The van der Waals surface area contributed by atoms with Crippen molar-refractivity contribution >= 4 is 11.6 Å². The predicted molar refractivity (Wildman–Crippen MR) is 79.7 cm³/mol. The van der Waals surface area contributed by atoms with Crippen LogP contribution in [0.2, 0.25) is 0 Å². The first-order valence-corrected chi connectivity index (χ1v) is 7.12. The Morgan fingerprint density at radius 3 is 2.85 bits per heavy atom. The molecule has 0 aromatic heterocycles. The molecule has 5 heteroatoms. The monoisotopic (exact) mass is 277 g/mol. The lowest BCUT2D eigenvalue weighted by molar-refractivity contribution is 0.0946. The molecule has 1 aliphatic rings. The fourth-order valence-electron chi connectivity index (χ4n) is 2.58. The molecular weight excluding hydrogens is 254 g/mol. The number of nitrogen functional groups attached to an aromatic ring is 1. The van der Waals surface area contributed by atoms with Crippen LogP contribution in [0.4, 0.5) is 5.69 Å². The Morgan fingerprint density at radius 2 is 2.15 bits per heavy atom. The first-order chi connectivity index (χ1) is 9.58. The van der Waals surface area contributed by atoms with E-state index in [4.69, 9.17) is 5.73 Å². The maximum Gasteiger partial charge on any atom is 0.255 e. The second-order valence-corrected chi connectivity index (χ2v) is 5.53. The second kappa shape index (κ2) is 6.61. The summed E-state index contributed by atoms with van der Waals surface area (Å²) in [5.74, 6) is 0.285. The van der Waals surface area contributed by atoms with Crippen molar-refractivity contribution in [2.45, 2.75) is 19.3 Å². The Morgan fingerprint density at radius 1 is 1.45 bits per heavy atom. The van der Waals surface area contributed by atoms with Crippen molar-refractivity contribution < 1.29 is 9.90 Å². The van der Waals surface area contributed by atoms with Gasteiger partial charge in [0, 0.05) is 6.54 Å². The molecule has 1 amide bonds. The standard InChI is InChI=1S/C15H23N3O2/c1-18-9-6-11(7-10-18)5-8-17-15(20)12-3-2-4-13(16)14(12)19/h2-4,11,19H,5-10,16H2,1H3,(H,17,20). The van der Waals surface area contributed by atoms with Crippen molar-refractivity contribution in [2.75, 3.05) is 32.4 Å². The highest BCUT2D eigenvalue weighted by Crippen LogP contribution is 2.24. The molecule has 1 fully saturated rings. The summed E-state index contributed by atoms with van der Waals surface area (Å²) < 4.78 is 0. The first-order valence-electron chi connectivity index (χ1n) is 7.12. The van der Waals surface area contributed by atoms with Crippen LogP contribution in [0.15, 0.2) is 18.2 Å². The average Bonchev–Trinajstić information content (AvgIpc) is 2.44. The summed E-state index contributed by atoms with van der Waals surface area (Å²) in [5.41, 5.74) is 6.06. The summed E-state index contributed by atoms with van der Waals surface area (Å²) in [4.78, 5) is 14.3. The third kappa shape index (κ3) is 3.63. The lowest BCUT2D eigenvalue weighted by atomic mass is 9.94. The molecule has 1 saturated heterocycles. The zero-order valence-corrected chi connectivity index (χ0v) is 11.9. The van der Waals surface area contributed by atoms with E-state index in [1.807, 2.05) is 0 Å². The minimum Gasteiger partial charge on any atom is -0.505 e. The summed E-state index contributed by atoms with van der Waals surface area (Å²) >= 11 is 0. The molecule has 1 aromatic rings. The van der Waals surface area contributed by atoms with Crippen LogP contribution < -0.4 is 11.1 Å².